The topological polar surface area (TPSA) is 61.9 Å². The molecule has 18 heavy (non-hydrogen) atoms. The van der Waals surface area contributed by atoms with Gasteiger partial charge in [-0.15, -0.1) is 0 Å². The minimum absolute atomic E-state index is 0.119. The van der Waals surface area contributed by atoms with Gasteiger partial charge in [0, 0.05) is 26.2 Å². The van der Waals surface area contributed by atoms with Gasteiger partial charge in [0.25, 0.3) is 0 Å². The van der Waals surface area contributed by atoms with E-state index in [1.54, 1.807) is 0 Å². The van der Waals surface area contributed by atoms with Crippen LogP contribution in [-0.4, -0.2) is 66.2 Å². The average molecular weight is 255 g/mol. The van der Waals surface area contributed by atoms with E-state index in [-0.39, 0.29) is 30.2 Å². The Morgan fingerprint density at radius 2 is 2.00 bits per heavy atom. The average Bonchev–Trinajstić information content (AvgIpc) is 2.72. The third kappa shape index (κ3) is 2.64. The van der Waals surface area contributed by atoms with Gasteiger partial charge < -0.3 is 10.1 Å². The van der Waals surface area contributed by atoms with E-state index in [2.05, 4.69) is 10.2 Å². The molecule has 6 nitrogen and oxygen atoms in total. The molecule has 2 rings (SSSR count). The number of ether oxygens (including phenoxy) is 1. The molecule has 6 heteroatoms. The maximum absolute atomic E-state index is 12.3. The second kappa shape index (κ2) is 5.24. The van der Waals surface area contributed by atoms with Crippen LogP contribution in [0.25, 0.3) is 0 Å². The lowest BCUT2D eigenvalue weighted by Gasteiger charge is -2.38. The predicted molar refractivity (Wildman–Crippen MR) is 66.2 cm³/mol. The van der Waals surface area contributed by atoms with Crippen LogP contribution >= 0.6 is 0 Å². The Bertz CT molecular complexity index is 337. The molecule has 2 saturated heterocycles. The summed E-state index contributed by atoms with van der Waals surface area (Å²) in [7, 11) is 0. The quantitative estimate of drug-likeness (QED) is 0.756. The van der Waals surface area contributed by atoms with Crippen LogP contribution in [0, 0.1) is 0 Å². The van der Waals surface area contributed by atoms with Crippen molar-refractivity contribution in [3.8, 4) is 0 Å². The number of urea groups is 1. The monoisotopic (exact) mass is 255 g/mol. The van der Waals surface area contributed by atoms with Crippen molar-refractivity contribution in [2.24, 2.45) is 0 Å². The first-order valence-corrected chi connectivity index (χ1v) is 6.47. The number of carbonyl (C=O) groups is 2. The van der Waals surface area contributed by atoms with Crippen molar-refractivity contribution >= 4 is 11.9 Å². The maximum Gasteiger partial charge on any atom is 0.324 e. The van der Waals surface area contributed by atoms with Crippen LogP contribution in [-0.2, 0) is 9.53 Å². The SMILES string of the molecule is C[C@@H]1CN([C@@H](C)C(=O)N2CCNC2=O)C[C@@H](C)O1. The highest BCUT2D eigenvalue weighted by Crippen LogP contribution is 2.15. The minimum atomic E-state index is -0.277. The van der Waals surface area contributed by atoms with Crippen molar-refractivity contribution in [2.45, 2.75) is 39.0 Å². The van der Waals surface area contributed by atoms with E-state index in [9.17, 15) is 9.59 Å². The van der Waals surface area contributed by atoms with E-state index in [0.717, 1.165) is 13.1 Å². The molecule has 0 spiro atoms. The molecule has 0 aliphatic carbocycles. The van der Waals surface area contributed by atoms with E-state index in [1.807, 2.05) is 20.8 Å². The number of morpholine rings is 1. The Kier molecular flexibility index (Phi) is 3.87. The van der Waals surface area contributed by atoms with Gasteiger partial charge in [0.15, 0.2) is 0 Å². The highest BCUT2D eigenvalue weighted by Gasteiger charge is 2.35. The first-order chi connectivity index (χ1) is 8.49. The Labute approximate surface area is 107 Å². The zero-order valence-corrected chi connectivity index (χ0v) is 11.2. The fourth-order valence-electron chi connectivity index (χ4n) is 2.60. The molecule has 0 unspecified atom stereocenters. The van der Waals surface area contributed by atoms with Crippen molar-refractivity contribution in [2.75, 3.05) is 26.2 Å². The number of rotatable bonds is 2. The summed E-state index contributed by atoms with van der Waals surface area (Å²) in [5.41, 5.74) is 0. The normalized spacial score (nSPS) is 31.3. The minimum Gasteiger partial charge on any atom is -0.373 e. The van der Waals surface area contributed by atoms with Crippen molar-refractivity contribution in [1.82, 2.24) is 15.1 Å². The summed E-state index contributed by atoms with van der Waals surface area (Å²) in [5.74, 6) is -0.119. The molecule has 0 saturated carbocycles. The van der Waals surface area contributed by atoms with E-state index in [0.29, 0.717) is 13.1 Å². The van der Waals surface area contributed by atoms with Gasteiger partial charge in [0.2, 0.25) is 5.91 Å². The van der Waals surface area contributed by atoms with Gasteiger partial charge in [-0.05, 0) is 20.8 Å². The molecule has 102 valence electrons. The lowest BCUT2D eigenvalue weighted by atomic mass is 10.1. The Balaban J connectivity index is 1.99. The molecule has 1 N–H and O–H groups in total. The third-order valence-corrected chi connectivity index (χ3v) is 3.48. The van der Waals surface area contributed by atoms with Gasteiger partial charge in [0.05, 0.1) is 18.2 Å². The van der Waals surface area contributed by atoms with Crippen LogP contribution < -0.4 is 5.32 Å². The molecule has 2 fully saturated rings. The first-order valence-electron chi connectivity index (χ1n) is 6.47. The van der Waals surface area contributed by atoms with Crippen LogP contribution in [0.15, 0.2) is 0 Å². The molecule has 0 bridgehead atoms. The second-order valence-electron chi connectivity index (χ2n) is 5.11. The Hall–Kier alpha value is -1.14. The molecule has 0 radical (unpaired) electrons. The van der Waals surface area contributed by atoms with Crippen LogP contribution in [0.2, 0.25) is 0 Å². The molecule has 0 aromatic carbocycles. The summed E-state index contributed by atoms with van der Waals surface area (Å²) in [6.07, 6.45) is 0.243. The summed E-state index contributed by atoms with van der Waals surface area (Å²) >= 11 is 0. The summed E-state index contributed by atoms with van der Waals surface area (Å²) < 4.78 is 5.65. The lowest BCUT2D eigenvalue weighted by Crippen LogP contribution is -2.55. The molecule has 3 atom stereocenters. The van der Waals surface area contributed by atoms with Gasteiger partial charge in [0.1, 0.15) is 0 Å². The fraction of sp³-hybridized carbons (Fsp3) is 0.833. The second-order valence-corrected chi connectivity index (χ2v) is 5.11. The predicted octanol–water partition coefficient (Wildman–Crippen LogP) is 0.0359. The fourth-order valence-corrected chi connectivity index (χ4v) is 2.60. The summed E-state index contributed by atoms with van der Waals surface area (Å²) in [4.78, 5) is 27.1. The largest absolute Gasteiger partial charge is 0.373 e. The highest BCUT2D eigenvalue weighted by atomic mass is 16.5. The maximum atomic E-state index is 12.3. The number of hydrogen-bond acceptors (Lipinski definition) is 4. The molecule has 3 amide bonds. The number of hydrogen-bond donors (Lipinski definition) is 1. The first kappa shape index (κ1) is 13.3. The van der Waals surface area contributed by atoms with E-state index in [4.69, 9.17) is 4.74 Å². The van der Waals surface area contributed by atoms with Gasteiger partial charge in [-0.1, -0.05) is 0 Å². The molecule has 0 aromatic heterocycles. The van der Waals surface area contributed by atoms with Gasteiger partial charge in [-0.2, -0.15) is 0 Å². The van der Waals surface area contributed by atoms with Crippen molar-refractivity contribution < 1.29 is 14.3 Å². The van der Waals surface area contributed by atoms with E-state index >= 15 is 0 Å². The summed E-state index contributed by atoms with van der Waals surface area (Å²) in [6.45, 7) is 8.34. The molecule has 2 heterocycles. The summed E-state index contributed by atoms with van der Waals surface area (Å²) in [5, 5.41) is 2.65. The zero-order valence-electron chi connectivity index (χ0n) is 11.2. The van der Waals surface area contributed by atoms with Crippen molar-refractivity contribution in [3.63, 3.8) is 0 Å². The highest BCUT2D eigenvalue weighted by molar-refractivity contribution is 5.98. The van der Waals surface area contributed by atoms with Crippen LogP contribution in [0.3, 0.4) is 0 Å². The van der Waals surface area contributed by atoms with Crippen LogP contribution in [0.4, 0.5) is 4.79 Å². The molecule has 0 aromatic rings. The van der Waals surface area contributed by atoms with Crippen LogP contribution in [0.1, 0.15) is 20.8 Å². The number of nitrogens with one attached hydrogen (secondary N) is 1. The van der Waals surface area contributed by atoms with Crippen molar-refractivity contribution in [1.29, 1.82) is 0 Å². The van der Waals surface area contributed by atoms with Crippen LogP contribution in [0.5, 0.6) is 0 Å². The van der Waals surface area contributed by atoms with Gasteiger partial charge in [-0.25, -0.2) is 4.79 Å². The Morgan fingerprint density at radius 1 is 1.39 bits per heavy atom. The molecule has 2 aliphatic heterocycles. The number of imide groups is 1. The van der Waals surface area contributed by atoms with Crippen molar-refractivity contribution in [3.05, 3.63) is 0 Å². The van der Waals surface area contributed by atoms with E-state index in [1.165, 1.54) is 4.90 Å². The molecular formula is C12H21N3O3. The number of carbonyl (C=O) groups excluding carboxylic acids is 2. The van der Waals surface area contributed by atoms with Gasteiger partial charge >= 0.3 is 6.03 Å². The third-order valence-electron chi connectivity index (χ3n) is 3.48. The molecular weight excluding hydrogens is 234 g/mol. The number of amides is 3. The zero-order chi connectivity index (χ0) is 13.3. The molecule has 2 aliphatic rings. The standard InChI is InChI=1S/C12H21N3O3/c1-8-6-14(7-9(2)18-8)10(3)11(16)15-5-4-13-12(15)17/h8-10H,4-7H2,1-3H3,(H,13,17)/t8-,9-,10+/m1/s1. The van der Waals surface area contributed by atoms with E-state index < -0.39 is 0 Å². The lowest BCUT2D eigenvalue weighted by molar-refractivity contribution is -0.138. The summed E-state index contributed by atoms with van der Waals surface area (Å²) in [6, 6.07) is -0.552. The Morgan fingerprint density at radius 3 is 2.50 bits per heavy atom. The number of nitrogens with zero attached hydrogens (tertiary/aromatic N) is 2. The van der Waals surface area contributed by atoms with Gasteiger partial charge in [-0.3, -0.25) is 14.6 Å². The smallest absolute Gasteiger partial charge is 0.324 e.